The molecular weight excluding hydrogens is 284 g/mol. The molecule has 0 spiro atoms. The first-order valence-corrected chi connectivity index (χ1v) is 8.93. The van der Waals surface area contributed by atoms with Crippen LogP contribution in [0.2, 0.25) is 0 Å². The number of carbonyl (C=O) groups is 1. The van der Waals surface area contributed by atoms with Crippen LogP contribution in [0.1, 0.15) is 51.2 Å². The summed E-state index contributed by atoms with van der Waals surface area (Å²) in [6, 6.07) is 8.56. The van der Waals surface area contributed by atoms with Gasteiger partial charge in [-0.25, -0.2) is 0 Å². The lowest BCUT2D eigenvalue weighted by Gasteiger charge is -2.29. The second-order valence-corrected chi connectivity index (χ2v) is 7.80. The van der Waals surface area contributed by atoms with E-state index in [-0.39, 0.29) is 11.3 Å². The molecule has 3 nitrogen and oxygen atoms in total. The van der Waals surface area contributed by atoms with Crippen molar-refractivity contribution < 1.29 is 4.79 Å². The molecular formula is C20H32N2O. The molecule has 1 amide bonds. The van der Waals surface area contributed by atoms with Gasteiger partial charge in [-0.1, -0.05) is 50.6 Å². The monoisotopic (exact) mass is 316 g/mol. The fraction of sp³-hybridized carbons (Fsp3) is 0.650. The summed E-state index contributed by atoms with van der Waals surface area (Å²) in [5, 5.41) is 6.55. The molecule has 0 saturated carbocycles. The molecule has 0 bridgehead atoms. The Morgan fingerprint density at radius 3 is 2.70 bits per heavy atom. The summed E-state index contributed by atoms with van der Waals surface area (Å²) >= 11 is 0. The molecule has 1 aromatic carbocycles. The van der Waals surface area contributed by atoms with Crippen molar-refractivity contribution in [3.8, 4) is 0 Å². The third-order valence-electron chi connectivity index (χ3n) is 5.22. The van der Waals surface area contributed by atoms with Gasteiger partial charge in [-0.2, -0.15) is 0 Å². The van der Waals surface area contributed by atoms with Gasteiger partial charge in [0.1, 0.15) is 0 Å². The molecule has 3 heteroatoms. The summed E-state index contributed by atoms with van der Waals surface area (Å²) in [4.78, 5) is 12.3. The lowest BCUT2D eigenvalue weighted by Crippen LogP contribution is -2.38. The Morgan fingerprint density at radius 2 is 2.04 bits per heavy atom. The van der Waals surface area contributed by atoms with Gasteiger partial charge in [0, 0.05) is 18.4 Å². The lowest BCUT2D eigenvalue weighted by molar-refractivity contribution is -0.122. The van der Waals surface area contributed by atoms with Crippen LogP contribution in [0.25, 0.3) is 0 Å². The van der Waals surface area contributed by atoms with Gasteiger partial charge in [-0.05, 0) is 50.3 Å². The highest BCUT2D eigenvalue weighted by atomic mass is 16.1. The maximum absolute atomic E-state index is 12.3. The zero-order chi connectivity index (χ0) is 16.9. The number of hydrogen-bond donors (Lipinski definition) is 2. The SMILES string of the molecule is Cc1cccc(C(C)(C)CNC(=O)CC(C)C2CCNCC2)c1. The van der Waals surface area contributed by atoms with E-state index >= 15 is 0 Å². The van der Waals surface area contributed by atoms with Gasteiger partial charge in [-0.3, -0.25) is 4.79 Å². The Kier molecular flexibility index (Phi) is 6.23. The average molecular weight is 316 g/mol. The summed E-state index contributed by atoms with van der Waals surface area (Å²) in [7, 11) is 0. The van der Waals surface area contributed by atoms with Crippen LogP contribution in [0.15, 0.2) is 24.3 Å². The van der Waals surface area contributed by atoms with Crippen LogP contribution in [0.3, 0.4) is 0 Å². The molecule has 0 radical (unpaired) electrons. The third kappa shape index (κ3) is 5.35. The van der Waals surface area contributed by atoms with Crippen molar-refractivity contribution in [1.29, 1.82) is 0 Å². The molecule has 2 N–H and O–H groups in total. The molecule has 2 rings (SSSR count). The van der Waals surface area contributed by atoms with E-state index in [1.54, 1.807) is 0 Å². The van der Waals surface area contributed by atoms with Crippen molar-refractivity contribution in [2.75, 3.05) is 19.6 Å². The fourth-order valence-electron chi connectivity index (χ4n) is 3.43. The maximum Gasteiger partial charge on any atom is 0.220 e. The summed E-state index contributed by atoms with van der Waals surface area (Å²) in [6.07, 6.45) is 3.04. The van der Waals surface area contributed by atoms with Crippen LogP contribution in [0.4, 0.5) is 0 Å². The number of amides is 1. The number of piperidine rings is 1. The number of aryl methyl sites for hydroxylation is 1. The Balaban J connectivity index is 1.83. The fourth-order valence-corrected chi connectivity index (χ4v) is 3.43. The molecule has 23 heavy (non-hydrogen) atoms. The van der Waals surface area contributed by atoms with E-state index in [4.69, 9.17) is 0 Å². The first-order valence-electron chi connectivity index (χ1n) is 8.93. The van der Waals surface area contributed by atoms with Gasteiger partial charge in [0.15, 0.2) is 0 Å². The first-order chi connectivity index (χ1) is 10.9. The van der Waals surface area contributed by atoms with Gasteiger partial charge in [0.05, 0.1) is 0 Å². The summed E-state index contributed by atoms with van der Waals surface area (Å²) < 4.78 is 0. The molecule has 1 atom stereocenters. The van der Waals surface area contributed by atoms with Crippen molar-refractivity contribution in [3.63, 3.8) is 0 Å². The second kappa shape index (κ2) is 7.96. The van der Waals surface area contributed by atoms with Crippen molar-refractivity contribution in [3.05, 3.63) is 35.4 Å². The average Bonchev–Trinajstić information content (AvgIpc) is 2.54. The van der Waals surface area contributed by atoms with E-state index < -0.39 is 0 Å². The molecule has 1 heterocycles. The van der Waals surface area contributed by atoms with Gasteiger partial charge in [0.25, 0.3) is 0 Å². The molecule has 0 aromatic heterocycles. The highest BCUT2D eigenvalue weighted by molar-refractivity contribution is 5.76. The van der Waals surface area contributed by atoms with Crippen LogP contribution in [0, 0.1) is 18.8 Å². The van der Waals surface area contributed by atoms with Gasteiger partial charge < -0.3 is 10.6 Å². The van der Waals surface area contributed by atoms with Crippen molar-refractivity contribution in [1.82, 2.24) is 10.6 Å². The number of nitrogens with one attached hydrogen (secondary N) is 2. The lowest BCUT2D eigenvalue weighted by atomic mass is 9.83. The topological polar surface area (TPSA) is 41.1 Å². The Labute approximate surface area is 141 Å². The van der Waals surface area contributed by atoms with Crippen LogP contribution in [-0.4, -0.2) is 25.5 Å². The first kappa shape index (κ1) is 18.0. The van der Waals surface area contributed by atoms with Crippen molar-refractivity contribution >= 4 is 5.91 Å². The predicted octanol–water partition coefficient (Wildman–Crippen LogP) is 3.41. The molecule has 1 fully saturated rings. The summed E-state index contributed by atoms with van der Waals surface area (Å²) in [5.41, 5.74) is 2.50. The molecule has 128 valence electrons. The molecule has 1 aliphatic heterocycles. The Hall–Kier alpha value is -1.35. The van der Waals surface area contributed by atoms with E-state index in [2.05, 4.69) is 62.6 Å². The minimum atomic E-state index is -0.0420. The zero-order valence-electron chi connectivity index (χ0n) is 15.1. The van der Waals surface area contributed by atoms with E-state index in [0.717, 1.165) is 13.1 Å². The smallest absolute Gasteiger partial charge is 0.220 e. The van der Waals surface area contributed by atoms with Gasteiger partial charge >= 0.3 is 0 Å². The van der Waals surface area contributed by atoms with Crippen LogP contribution >= 0.6 is 0 Å². The molecule has 1 saturated heterocycles. The Morgan fingerprint density at radius 1 is 1.35 bits per heavy atom. The predicted molar refractivity (Wildman–Crippen MR) is 96.6 cm³/mol. The molecule has 1 aromatic rings. The minimum Gasteiger partial charge on any atom is -0.355 e. The van der Waals surface area contributed by atoms with E-state index in [1.165, 1.54) is 24.0 Å². The minimum absolute atomic E-state index is 0.0420. The van der Waals surface area contributed by atoms with Gasteiger partial charge in [0.2, 0.25) is 5.91 Å². The molecule has 1 unspecified atom stereocenters. The largest absolute Gasteiger partial charge is 0.355 e. The van der Waals surface area contributed by atoms with Gasteiger partial charge in [-0.15, -0.1) is 0 Å². The van der Waals surface area contributed by atoms with Crippen molar-refractivity contribution in [2.24, 2.45) is 11.8 Å². The summed E-state index contributed by atoms with van der Waals surface area (Å²) in [6.45, 7) is 11.6. The zero-order valence-corrected chi connectivity index (χ0v) is 15.1. The second-order valence-electron chi connectivity index (χ2n) is 7.80. The van der Waals surface area contributed by atoms with Crippen LogP contribution in [-0.2, 0) is 10.2 Å². The highest BCUT2D eigenvalue weighted by Gasteiger charge is 2.24. The third-order valence-corrected chi connectivity index (χ3v) is 5.22. The quantitative estimate of drug-likeness (QED) is 0.844. The van der Waals surface area contributed by atoms with E-state index in [9.17, 15) is 4.79 Å². The number of rotatable bonds is 6. The number of carbonyl (C=O) groups excluding carboxylic acids is 1. The highest BCUT2D eigenvalue weighted by Crippen LogP contribution is 2.25. The van der Waals surface area contributed by atoms with Crippen molar-refractivity contribution in [2.45, 2.75) is 52.4 Å². The van der Waals surface area contributed by atoms with E-state index in [0.29, 0.717) is 24.8 Å². The standard InChI is InChI=1S/C20H32N2O/c1-15-6-5-7-18(12-15)20(3,4)14-22-19(23)13-16(2)17-8-10-21-11-9-17/h5-7,12,16-17,21H,8-11,13-14H2,1-4H3,(H,22,23). The number of benzene rings is 1. The van der Waals surface area contributed by atoms with E-state index in [1.807, 2.05) is 0 Å². The molecule has 1 aliphatic rings. The van der Waals surface area contributed by atoms with Crippen LogP contribution in [0.5, 0.6) is 0 Å². The summed E-state index contributed by atoms with van der Waals surface area (Å²) in [5.74, 6) is 1.35. The molecule has 0 aliphatic carbocycles. The maximum atomic E-state index is 12.3. The Bertz CT molecular complexity index is 518. The van der Waals surface area contributed by atoms with Crippen LogP contribution < -0.4 is 10.6 Å². The normalized spacial score (nSPS) is 17.7. The number of hydrogen-bond acceptors (Lipinski definition) is 2.